The van der Waals surface area contributed by atoms with E-state index in [4.69, 9.17) is 8.85 Å². The zero-order valence-corrected chi connectivity index (χ0v) is 11.7. The van der Waals surface area contributed by atoms with Crippen LogP contribution >= 0.6 is 0 Å². The summed E-state index contributed by atoms with van der Waals surface area (Å²) in [6.07, 6.45) is 2.18. The highest BCUT2D eigenvalue weighted by atomic mass is 28.3. The molecule has 0 aromatic heterocycles. The second kappa shape index (κ2) is 9.06. The second-order valence-corrected chi connectivity index (χ2v) is 5.45. The Morgan fingerprint density at radius 1 is 1.13 bits per heavy atom. The molecule has 0 aliphatic heterocycles. The first kappa shape index (κ1) is 14.8. The van der Waals surface area contributed by atoms with E-state index < -0.39 is 9.28 Å². The van der Waals surface area contributed by atoms with Crippen molar-refractivity contribution in [1.82, 2.24) is 0 Å². The van der Waals surface area contributed by atoms with Gasteiger partial charge in [0, 0.05) is 18.9 Å². The Bertz CT molecular complexity index is 175. The van der Waals surface area contributed by atoms with E-state index >= 15 is 0 Å². The van der Waals surface area contributed by atoms with Crippen LogP contribution in [0, 0.1) is 0 Å². The Kier molecular flexibility index (Phi) is 8.95. The van der Waals surface area contributed by atoms with Crippen LogP contribution in [0.1, 0.15) is 47.5 Å². The van der Waals surface area contributed by atoms with E-state index in [1.54, 1.807) is 0 Å². The molecule has 0 amide bonds. The molecule has 0 aliphatic carbocycles. The molecule has 0 rings (SSSR count). The summed E-state index contributed by atoms with van der Waals surface area (Å²) in [5.74, 6) is 0. The van der Waals surface area contributed by atoms with Gasteiger partial charge < -0.3 is 8.85 Å². The van der Waals surface area contributed by atoms with E-state index in [1.807, 2.05) is 27.7 Å². The second-order valence-electron chi connectivity index (χ2n) is 3.57. The van der Waals surface area contributed by atoms with Gasteiger partial charge >= 0.3 is 9.28 Å². The minimum Gasteiger partial charge on any atom is -0.392 e. The first-order valence-electron chi connectivity index (χ1n) is 5.79. The maximum Gasteiger partial charge on any atom is 0.411 e. The molecule has 0 spiro atoms. The van der Waals surface area contributed by atoms with Crippen molar-refractivity contribution in [3.63, 3.8) is 0 Å². The van der Waals surface area contributed by atoms with E-state index in [2.05, 4.69) is 11.9 Å². The average molecular weight is 230 g/mol. The van der Waals surface area contributed by atoms with Gasteiger partial charge in [-0.05, 0) is 34.1 Å². The van der Waals surface area contributed by atoms with Crippen molar-refractivity contribution in [2.24, 2.45) is 4.99 Å². The highest BCUT2D eigenvalue weighted by molar-refractivity contribution is 6.46. The first-order chi connectivity index (χ1) is 7.15. The molecule has 0 saturated carbocycles. The fraction of sp³-hybridized carbons (Fsp3) is 0.909. The van der Waals surface area contributed by atoms with E-state index in [9.17, 15) is 0 Å². The van der Waals surface area contributed by atoms with E-state index in [0.29, 0.717) is 13.2 Å². The van der Waals surface area contributed by atoms with Crippen LogP contribution < -0.4 is 0 Å². The molecule has 0 aliphatic rings. The predicted molar refractivity (Wildman–Crippen MR) is 66.5 cm³/mol. The fourth-order valence-corrected chi connectivity index (χ4v) is 3.26. The van der Waals surface area contributed by atoms with Crippen molar-refractivity contribution < 1.29 is 8.85 Å². The lowest BCUT2D eigenvalue weighted by Gasteiger charge is -2.20. The summed E-state index contributed by atoms with van der Waals surface area (Å²) in [6, 6.07) is 0. The normalized spacial score (nSPS) is 12.9. The minimum atomic E-state index is -1.23. The molecule has 0 fully saturated rings. The van der Waals surface area contributed by atoms with Crippen LogP contribution in [-0.2, 0) is 8.85 Å². The maximum absolute atomic E-state index is 5.67. The summed E-state index contributed by atoms with van der Waals surface area (Å²) >= 11 is 0. The van der Waals surface area contributed by atoms with Crippen molar-refractivity contribution in [3.05, 3.63) is 0 Å². The lowest BCUT2D eigenvalue weighted by Crippen LogP contribution is -2.36. The van der Waals surface area contributed by atoms with Crippen LogP contribution in [0.2, 0.25) is 0 Å². The third-order valence-electron chi connectivity index (χ3n) is 1.82. The van der Waals surface area contributed by atoms with Gasteiger partial charge in [-0.3, -0.25) is 4.99 Å². The highest BCUT2D eigenvalue weighted by Crippen LogP contribution is 2.09. The SMILES string of the molecule is CCCC(N=C(C)C)[Si](OCC)OCC. The zero-order valence-electron chi connectivity index (χ0n) is 10.7. The molecule has 1 unspecified atom stereocenters. The monoisotopic (exact) mass is 230 g/mol. The third-order valence-corrected chi connectivity index (χ3v) is 3.93. The van der Waals surface area contributed by atoms with Gasteiger partial charge in [-0.25, -0.2) is 0 Å². The maximum atomic E-state index is 5.67. The summed E-state index contributed by atoms with van der Waals surface area (Å²) in [7, 11) is -1.23. The van der Waals surface area contributed by atoms with Gasteiger partial charge in [0.05, 0.1) is 5.67 Å². The highest BCUT2D eigenvalue weighted by Gasteiger charge is 2.26. The van der Waals surface area contributed by atoms with Crippen molar-refractivity contribution in [3.8, 4) is 0 Å². The van der Waals surface area contributed by atoms with Gasteiger partial charge in [0.25, 0.3) is 0 Å². The van der Waals surface area contributed by atoms with Crippen molar-refractivity contribution >= 4 is 15.0 Å². The zero-order chi connectivity index (χ0) is 11.7. The lowest BCUT2D eigenvalue weighted by molar-refractivity contribution is 0.203. The Balaban J connectivity index is 4.43. The molecule has 15 heavy (non-hydrogen) atoms. The number of rotatable bonds is 8. The average Bonchev–Trinajstić information content (AvgIpc) is 2.16. The summed E-state index contributed by atoms with van der Waals surface area (Å²) in [5, 5.41) is 0. The molecule has 0 aromatic carbocycles. The van der Waals surface area contributed by atoms with Crippen LogP contribution in [-0.4, -0.2) is 33.9 Å². The van der Waals surface area contributed by atoms with Crippen LogP contribution in [0.25, 0.3) is 0 Å². The van der Waals surface area contributed by atoms with Crippen molar-refractivity contribution in [2.75, 3.05) is 13.2 Å². The van der Waals surface area contributed by atoms with Crippen LogP contribution in [0.5, 0.6) is 0 Å². The molecule has 1 radical (unpaired) electrons. The van der Waals surface area contributed by atoms with E-state index in [-0.39, 0.29) is 5.67 Å². The molecule has 3 nitrogen and oxygen atoms in total. The van der Waals surface area contributed by atoms with Gasteiger partial charge in [-0.15, -0.1) is 0 Å². The first-order valence-corrected chi connectivity index (χ1v) is 7.18. The lowest BCUT2D eigenvalue weighted by atomic mass is 10.3. The molecule has 0 N–H and O–H groups in total. The molecule has 89 valence electrons. The predicted octanol–water partition coefficient (Wildman–Crippen LogP) is 2.74. The summed E-state index contributed by atoms with van der Waals surface area (Å²) in [4.78, 5) is 4.62. The fourth-order valence-electron chi connectivity index (χ4n) is 1.34. The molecule has 0 bridgehead atoms. The Morgan fingerprint density at radius 3 is 2.00 bits per heavy atom. The van der Waals surface area contributed by atoms with Crippen LogP contribution in [0.15, 0.2) is 4.99 Å². The standard InChI is InChI=1S/C11H24NO2Si/c1-6-9-11(12-10(4)5)15(13-7-2)14-8-3/h11H,6-9H2,1-5H3. The molecule has 1 atom stereocenters. The van der Waals surface area contributed by atoms with E-state index in [1.165, 1.54) is 0 Å². The largest absolute Gasteiger partial charge is 0.411 e. The molecule has 4 heteroatoms. The summed E-state index contributed by atoms with van der Waals surface area (Å²) in [6.45, 7) is 11.7. The Hall–Kier alpha value is -0.193. The topological polar surface area (TPSA) is 30.8 Å². The molecular formula is C11H24NO2Si. The van der Waals surface area contributed by atoms with Crippen molar-refractivity contribution in [1.29, 1.82) is 0 Å². The van der Waals surface area contributed by atoms with Gasteiger partial charge in [0.1, 0.15) is 0 Å². The number of aliphatic imine (C=N–C) groups is 1. The smallest absolute Gasteiger partial charge is 0.392 e. The van der Waals surface area contributed by atoms with Gasteiger partial charge in [0.2, 0.25) is 0 Å². The quantitative estimate of drug-likeness (QED) is 0.474. The van der Waals surface area contributed by atoms with Crippen LogP contribution in [0.4, 0.5) is 0 Å². The van der Waals surface area contributed by atoms with Crippen molar-refractivity contribution in [2.45, 2.75) is 53.1 Å². The number of hydrogen-bond donors (Lipinski definition) is 0. The number of nitrogens with zero attached hydrogens (tertiary/aromatic N) is 1. The molecular weight excluding hydrogens is 206 g/mol. The minimum absolute atomic E-state index is 0.241. The summed E-state index contributed by atoms with van der Waals surface area (Å²) in [5.41, 5.74) is 1.35. The van der Waals surface area contributed by atoms with Gasteiger partial charge in [-0.1, -0.05) is 13.3 Å². The Labute approximate surface area is 95.7 Å². The molecule has 0 heterocycles. The van der Waals surface area contributed by atoms with E-state index in [0.717, 1.165) is 18.6 Å². The van der Waals surface area contributed by atoms with Gasteiger partial charge in [0.15, 0.2) is 0 Å². The third kappa shape index (κ3) is 6.81. The molecule has 0 saturated heterocycles. The summed E-state index contributed by atoms with van der Waals surface area (Å²) < 4.78 is 11.3. The Morgan fingerprint density at radius 2 is 1.67 bits per heavy atom. The number of hydrogen-bond acceptors (Lipinski definition) is 3. The molecule has 0 aromatic rings. The van der Waals surface area contributed by atoms with Gasteiger partial charge in [-0.2, -0.15) is 0 Å². The van der Waals surface area contributed by atoms with Crippen LogP contribution in [0.3, 0.4) is 0 Å².